The van der Waals surface area contributed by atoms with Gasteiger partial charge in [0.15, 0.2) is 11.5 Å². The number of benzene rings is 1. The van der Waals surface area contributed by atoms with Gasteiger partial charge in [0.25, 0.3) is 0 Å². The van der Waals surface area contributed by atoms with Crippen molar-refractivity contribution in [3.8, 4) is 11.5 Å². The van der Waals surface area contributed by atoms with E-state index in [4.69, 9.17) is 9.47 Å². The van der Waals surface area contributed by atoms with Crippen LogP contribution >= 0.6 is 0 Å². The first kappa shape index (κ1) is 17.1. The number of ether oxygens (including phenoxy) is 3. The fraction of sp³-hybridized carbons (Fsp3) is 0.529. The van der Waals surface area contributed by atoms with E-state index in [-0.39, 0.29) is 25.1 Å². The lowest BCUT2D eigenvalue weighted by atomic mass is 9.94. The van der Waals surface area contributed by atoms with Gasteiger partial charge < -0.3 is 19.1 Å². The van der Waals surface area contributed by atoms with Gasteiger partial charge in [0, 0.05) is 18.5 Å². The highest BCUT2D eigenvalue weighted by molar-refractivity contribution is 5.82. The molecule has 0 aliphatic carbocycles. The number of hydrogen-bond donors (Lipinski definition) is 0. The van der Waals surface area contributed by atoms with Gasteiger partial charge in [-0.1, -0.05) is 26.8 Å². The molecule has 0 N–H and O–H groups in total. The van der Waals surface area contributed by atoms with Crippen molar-refractivity contribution in [3.63, 3.8) is 0 Å². The van der Waals surface area contributed by atoms with E-state index in [0.29, 0.717) is 24.6 Å². The fourth-order valence-corrected chi connectivity index (χ4v) is 2.31. The minimum absolute atomic E-state index is 0.0148. The number of nitrogens with zero attached hydrogens (tertiary/aromatic N) is 1. The predicted molar refractivity (Wildman–Crippen MR) is 84.1 cm³/mol. The first-order chi connectivity index (χ1) is 10.8. The predicted octanol–water partition coefficient (Wildman–Crippen LogP) is 2.35. The maximum absolute atomic E-state index is 12.6. The standard InChI is InChI=1S/C17H23NO5/c1-17(2,3)16(20)18(8-7-15(19)21-4)10-12-5-6-13-14(9-12)23-11-22-13/h5-6,9H,7-8,10-11H2,1-4H3. The molecule has 0 radical (unpaired) electrons. The molecule has 0 saturated carbocycles. The molecule has 0 bridgehead atoms. The molecule has 0 spiro atoms. The number of carbonyl (C=O) groups is 2. The number of rotatable bonds is 5. The van der Waals surface area contributed by atoms with Crippen molar-refractivity contribution in [1.82, 2.24) is 4.90 Å². The average Bonchev–Trinajstić information content (AvgIpc) is 2.96. The Bertz CT molecular complexity index is 591. The second kappa shape index (κ2) is 6.89. The number of amides is 1. The summed E-state index contributed by atoms with van der Waals surface area (Å²) in [5.41, 5.74) is 0.406. The van der Waals surface area contributed by atoms with Crippen molar-refractivity contribution in [2.45, 2.75) is 33.7 Å². The Hall–Kier alpha value is -2.24. The Balaban J connectivity index is 2.13. The molecule has 0 atom stereocenters. The third-order valence-electron chi connectivity index (χ3n) is 3.55. The van der Waals surface area contributed by atoms with E-state index in [0.717, 1.165) is 5.56 Å². The molecule has 0 aromatic heterocycles. The van der Waals surface area contributed by atoms with Crippen LogP contribution in [0.15, 0.2) is 18.2 Å². The lowest BCUT2D eigenvalue weighted by Gasteiger charge is -2.29. The van der Waals surface area contributed by atoms with Gasteiger partial charge in [-0.15, -0.1) is 0 Å². The van der Waals surface area contributed by atoms with Crippen LogP contribution in [-0.4, -0.2) is 37.2 Å². The van der Waals surface area contributed by atoms with Crippen molar-refractivity contribution < 1.29 is 23.8 Å². The second-order valence-corrected chi connectivity index (χ2v) is 6.49. The van der Waals surface area contributed by atoms with Crippen molar-refractivity contribution >= 4 is 11.9 Å². The highest BCUT2D eigenvalue weighted by Gasteiger charge is 2.28. The van der Waals surface area contributed by atoms with Gasteiger partial charge in [-0.25, -0.2) is 0 Å². The normalized spacial score (nSPS) is 12.9. The minimum Gasteiger partial charge on any atom is -0.469 e. The zero-order chi connectivity index (χ0) is 17.0. The van der Waals surface area contributed by atoms with Gasteiger partial charge in [0.1, 0.15) is 0 Å². The largest absolute Gasteiger partial charge is 0.469 e. The maximum Gasteiger partial charge on any atom is 0.307 e. The lowest BCUT2D eigenvalue weighted by molar-refractivity contribution is -0.144. The SMILES string of the molecule is COC(=O)CCN(Cc1ccc2c(c1)OCO2)C(=O)C(C)(C)C. The summed E-state index contributed by atoms with van der Waals surface area (Å²) in [5.74, 6) is 1.04. The Morgan fingerprint density at radius 1 is 1.22 bits per heavy atom. The molecule has 1 heterocycles. The number of fused-ring (bicyclic) bond motifs is 1. The van der Waals surface area contributed by atoms with Crippen LogP contribution in [0, 0.1) is 5.41 Å². The van der Waals surface area contributed by atoms with Crippen molar-refractivity contribution in [2.24, 2.45) is 5.41 Å². The molecule has 6 heteroatoms. The van der Waals surface area contributed by atoms with E-state index in [1.54, 1.807) is 4.90 Å². The van der Waals surface area contributed by atoms with Crippen LogP contribution in [0.2, 0.25) is 0 Å². The highest BCUT2D eigenvalue weighted by atomic mass is 16.7. The molecular formula is C17H23NO5. The Labute approximate surface area is 136 Å². The molecule has 6 nitrogen and oxygen atoms in total. The molecule has 1 aliphatic heterocycles. The van der Waals surface area contributed by atoms with E-state index in [9.17, 15) is 9.59 Å². The quantitative estimate of drug-likeness (QED) is 0.779. The number of methoxy groups -OCH3 is 1. The van der Waals surface area contributed by atoms with Gasteiger partial charge in [-0.05, 0) is 17.7 Å². The van der Waals surface area contributed by atoms with Crippen molar-refractivity contribution in [3.05, 3.63) is 23.8 Å². The summed E-state index contributed by atoms with van der Waals surface area (Å²) in [6, 6.07) is 5.59. The van der Waals surface area contributed by atoms with Crippen molar-refractivity contribution in [1.29, 1.82) is 0 Å². The van der Waals surface area contributed by atoms with Crippen LogP contribution in [0.25, 0.3) is 0 Å². The van der Waals surface area contributed by atoms with E-state index >= 15 is 0 Å². The lowest BCUT2D eigenvalue weighted by Crippen LogP contribution is -2.40. The molecule has 1 aromatic rings. The molecule has 0 saturated heterocycles. The van der Waals surface area contributed by atoms with Crippen LogP contribution in [0.4, 0.5) is 0 Å². The van der Waals surface area contributed by atoms with Gasteiger partial charge in [-0.2, -0.15) is 0 Å². The second-order valence-electron chi connectivity index (χ2n) is 6.49. The highest BCUT2D eigenvalue weighted by Crippen LogP contribution is 2.33. The first-order valence-corrected chi connectivity index (χ1v) is 7.56. The van der Waals surface area contributed by atoms with Gasteiger partial charge in [-0.3, -0.25) is 9.59 Å². The molecule has 23 heavy (non-hydrogen) atoms. The van der Waals surface area contributed by atoms with Crippen LogP contribution < -0.4 is 9.47 Å². The molecule has 1 amide bonds. The topological polar surface area (TPSA) is 65.1 Å². The first-order valence-electron chi connectivity index (χ1n) is 7.56. The maximum atomic E-state index is 12.6. The molecular weight excluding hydrogens is 298 g/mol. The molecule has 0 unspecified atom stereocenters. The fourth-order valence-electron chi connectivity index (χ4n) is 2.31. The smallest absolute Gasteiger partial charge is 0.307 e. The Morgan fingerprint density at radius 2 is 1.91 bits per heavy atom. The summed E-state index contributed by atoms with van der Waals surface area (Å²) >= 11 is 0. The number of esters is 1. The molecule has 1 aromatic carbocycles. The summed E-state index contributed by atoms with van der Waals surface area (Å²) in [6.45, 7) is 6.52. The zero-order valence-electron chi connectivity index (χ0n) is 14.0. The molecule has 2 rings (SSSR count). The minimum atomic E-state index is -0.521. The third-order valence-corrected chi connectivity index (χ3v) is 3.55. The van der Waals surface area contributed by atoms with Gasteiger partial charge >= 0.3 is 5.97 Å². The summed E-state index contributed by atoms with van der Waals surface area (Å²) in [4.78, 5) is 25.7. The summed E-state index contributed by atoms with van der Waals surface area (Å²) < 4.78 is 15.3. The van der Waals surface area contributed by atoms with Crippen LogP contribution in [0.1, 0.15) is 32.8 Å². The van der Waals surface area contributed by atoms with E-state index in [2.05, 4.69) is 4.74 Å². The van der Waals surface area contributed by atoms with Crippen LogP contribution in [0.3, 0.4) is 0 Å². The van der Waals surface area contributed by atoms with E-state index in [1.807, 2.05) is 39.0 Å². The van der Waals surface area contributed by atoms with Crippen molar-refractivity contribution in [2.75, 3.05) is 20.4 Å². The third kappa shape index (κ3) is 4.37. The van der Waals surface area contributed by atoms with E-state index < -0.39 is 5.41 Å². The average molecular weight is 321 g/mol. The summed E-state index contributed by atoms with van der Waals surface area (Å²) in [6.07, 6.45) is 0.170. The summed E-state index contributed by atoms with van der Waals surface area (Å²) in [5, 5.41) is 0. The molecule has 0 fully saturated rings. The summed E-state index contributed by atoms with van der Waals surface area (Å²) in [7, 11) is 1.34. The zero-order valence-corrected chi connectivity index (χ0v) is 14.0. The number of hydrogen-bond acceptors (Lipinski definition) is 5. The molecule has 1 aliphatic rings. The Kier molecular flexibility index (Phi) is 5.13. The monoisotopic (exact) mass is 321 g/mol. The van der Waals surface area contributed by atoms with Gasteiger partial charge in [0.05, 0.1) is 13.5 Å². The van der Waals surface area contributed by atoms with Crippen LogP contribution in [-0.2, 0) is 20.9 Å². The van der Waals surface area contributed by atoms with Gasteiger partial charge in [0.2, 0.25) is 12.7 Å². The van der Waals surface area contributed by atoms with Crippen LogP contribution in [0.5, 0.6) is 11.5 Å². The molecule has 126 valence electrons. The Morgan fingerprint density at radius 3 is 2.57 bits per heavy atom. The number of carbonyl (C=O) groups excluding carboxylic acids is 2. The van der Waals surface area contributed by atoms with E-state index in [1.165, 1.54) is 7.11 Å².